The van der Waals surface area contributed by atoms with E-state index in [1.54, 1.807) is 0 Å². The van der Waals surface area contributed by atoms with E-state index in [0.29, 0.717) is 25.0 Å². The largest absolute Gasteiger partial charge is 0.494 e. The number of halogens is 2. The number of ether oxygens (including phenoxy) is 1. The van der Waals surface area contributed by atoms with Crippen molar-refractivity contribution in [3.05, 3.63) is 65.7 Å². The highest BCUT2D eigenvalue weighted by Crippen LogP contribution is 2.29. The predicted octanol–water partition coefficient (Wildman–Crippen LogP) is 6.92. The molecule has 3 rings (SSSR count). The molecule has 0 saturated heterocycles. The molecule has 0 aromatic heterocycles. The molecule has 136 valence electrons. The zero-order valence-corrected chi connectivity index (χ0v) is 15.3. The first-order valence-corrected chi connectivity index (χ1v) is 9.27. The lowest BCUT2D eigenvalue weighted by Crippen LogP contribution is -1.97. The Morgan fingerprint density at radius 2 is 1.46 bits per heavy atom. The van der Waals surface area contributed by atoms with Gasteiger partial charge in [-0.3, -0.25) is 0 Å². The quantitative estimate of drug-likeness (QED) is 0.419. The molecule has 0 atom stereocenters. The van der Waals surface area contributed by atoms with Gasteiger partial charge in [0.15, 0.2) is 0 Å². The predicted molar refractivity (Wildman–Crippen MR) is 104 cm³/mol. The summed E-state index contributed by atoms with van der Waals surface area (Å²) in [7, 11) is 0. The molecule has 0 amide bonds. The van der Waals surface area contributed by atoms with Crippen molar-refractivity contribution < 1.29 is 13.5 Å². The first-order valence-electron chi connectivity index (χ1n) is 9.27. The molecular weight excluding hydrogens is 330 g/mol. The number of unbranched alkanes of at least 4 members (excludes halogenated alkanes) is 1. The van der Waals surface area contributed by atoms with E-state index in [1.807, 2.05) is 43.3 Å². The summed E-state index contributed by atoms with van der Waals surface area (Å²) in [5, 5.41) is 2.06. The molecule has 0 fully saturated rings. The van der Waals surface area contributed by atoms with Gasteiger partial charge in [0.1, 0.15) is 17.4 Å². The third-order valence-electron chi connectivity index (χ3n) is 4.55. The molecular formula is C23H24F2O. The van der Waals surface area contributed by atoms with E-state index in [2.05, 4.69) is 6.92 Å². The SMILES string of the molecule is CCCCOc1ccc2cc(-c3cc(F)c(CCC)c(F)c3)ccc2c1. The van der Waals surface area contributed by atoms with Crippen LogP contribution in [0.15, 0.2) is 48.5 Å². The molecule has 0 spiro atoms. The van der Waals surface area contributed by atoms with Crippen LogP contribution in [0, 0.1) is 11.6 Å². The van der Waals surface area contributed by atoms with Crippen molar-refractivity contribution in [2.45, 2.75) is 39.5 Å². The number of rotatable bonds is 7. The normalized spacial score (nSPS) is 11.1. The van der Waals surface area contributed by atoms with E-state index in [1.165, 1.54) is 12.1 Å². The molecule has 0 heterocycles. The van der Waals surface area contributed by atoms with Crippen LogP contribution in [0.3, 0.4) is 0 Å². The van der Waals surface area contributed by atoms with Gasteiger partial charge in [-0.25, -0.2) is 8.78 Å². The Labute approximate surface area is 153 Å². The molecule has 0 unspecified atom stereocenters. The Hall–Kier alpha value is -2.42. The summed E-state index contributed by atoms with van der Waals surface area (Å²) in [6, 6.07) is 14.6. The van der Waals surface area contributed by atoms with Gasteiger partial charge in [0, 0.05) is 5.56 Å². The van der Waals surface area contributed by atoms with Gasteiger partial charge >= 0.3 is 0 Å². The number of hydrogen-bond donors (Lipinski definition) is 0. The maximum absolute atomic E-state index is 14.2. The van der Waals surface area contributed by atoms with Crippen LogP contribution in [0.25, 0.3) is 21.9 Å². The standard InChI is InChI=1S/C23H24F2O/c1-3-5-11-26-20-10-9-16-12-17(7-8-18(16)13-20)19-14-22(24)21(6-4-2)23(25)15-19/h7-10,12-15H,3-6,11H2,1-2H3. The molecule has 3 aromatic carbocycles. The smallest absolute Gasteiger partial charge is 0.129 e. The number of benzene rings is 3. The topological polar surface area (TPSA) is 9.23 Å². The number of fused-ring (bicyclic) bond motifs is 1. The van der Waals surface area contributed by atoms with Crippen LogP contribution in [-0.2, 0) is 6.42 Å². The van der Waals surface area contributed by atoms with Crippen molar-refractivity contribution in [2.24, 2.45) is 0 Å². The van der Waals surface area contributed by atoms with Gasteiger partial charge in [-0.1, -0.05) is 44.9 Å². The highest BCUT2D eigenvalue weighted by molar-refractivity contribution is 5.88. The Morgan fingerprint density at radius 3 is 2.15 bits per heavy atom. The van der Waals surface area contributed by atoms with Crippen LogP contribution < -0.4 is 4.74 Å². The van der Waals surface area contributed by atoms with Gasteiger partial charge in [-0.15, -0.1) is 0 Å². The highest BCUT2D eigenvalue weighted by Gasteiger charge is 2.12. The lowest BCUT2D eigenvalue weighted by molar-refractivity contribution is 0.310. The van der Waals surface area contributed by atoms with E-state index >= 15 is 0 Å². The third-order valence-corrected chi connectivity index (χ3v) is 4.55. The Kier molecular flexibility index (Phi) is 5.87. The molecule has 0 bridgehead atoms. The van der Waals surface area contributed by atoms with Crippen molar-refractivity contribution >= 4 is 10.8 Å². The summed E-state index contributed by atoms with van der Waals surface area (Å²) >= 11 is 0. The van der Waals surface area contributed by atoms with Crippen LogP contribution in [0.5, 0.6) is 5.75 Å². The van der Waals surface area contributed by atoms with Crippen LogP contribution in [0.2, 0.25) is 0 Å². The molecule has 0 aliphatic rings. The monoisotopic (exact) mass is 354 g/mol. The van der Waals surface area contributed by atoms with Gasteiger partial charge in [-0.05, 0) is 65.1 Å². The molecule has 3 aromatic rings. The lowest BCUT2D eigenvalue weighted by atomic mass is 9.98. The van der Waals surface area contributed by atoms with Gasteiger partial charge in [0.25, 0.3) is 0 Å². The second kappa shape index (κ2) is 8.31. The van der Waals surface area contributed by atoms with Crippen molar-refractivity contribution in [3.8, 4) is 16.9 Å². The van der Waals surface area contributed by atoms with Gasteiger partial charge in [0.05, 0.1) is 6.61 Å². The zero-order chi connectivity index (χ0) is 18.5. The minimum atomic E-state index is -0.471. The summed E-state index contributed by atoms with van der Waals surface area (Å²) in [5.74, 6) is -0.0945. The Morgan fingerprint density at radius 1 is 0.769 bits per heavy atom. The maximum atomic E-state index is 14.2. The number of hydrogen-bond acceptors (Lipinski definition) is 1. The van der Waals surface area contributed by atoms with Crippen molar-refractivity contribution in [1.29, 1.82) is 0 Å². The van der Waals surface area contributed by atoms with E-state index in [0.717, 1.165) is 34.9 Å². The first kappa shape index (κ1) is 18.4. The second-order valence-electron chi connectivity index (χ2n) is 6.59. The van der Waals surface area contributed by atoms with E-state index < -0.39 is 11.6 Å². The maximum Gasteiger partial charge on any atom is 0.129 e. The average Bonchev–Trinajstić information content (AvgIpc) is 2.64. The molecule has 3 heteroatoms. The van der Waals surface area contributed by atoms with E-state index in [-0.39, 0.29) is 5.56 Å². The van der Waals surface area contributed by atoms with Crippen LogP contribution in [-0.4, -0.2) is 6.61 Å². The molecule has 1 nitrogen and oxygen atoms in total. The van der Waals surface area contributed by atoms with Crippen LogP contribution in [0.1, 0.15) is 38.7 Å². The minimum Gasteiger partial charge on any atom is -0.494 e. The fourth-order valence-electron chi connectivity index (χ4n) is 3.09. The van der Waals surface area contributed by atoms with Crippen molar-refractivity contribution in [1.82, 2.24) is 0 Å². The minimum absolute atomic E-state index is 0.172. The summed E-state index contributed by atoms with van der Waals surface area (Å²) in [6.07, 6.45) is 3.26. The van der Waals surface area contributed by atoms with Gasteiger partial charge in [0.2, 0.25) is 0 Å². The summed E-state index contributed by atoms with van der Waals surface area (Å²) in [6.45, 7) is 4.75. The van der Waals surface area contributed by atoms with Crippen LogP contribution >= 0.6 is 0 Å². The molecule has 26 heavy (non-hydrogen) atoms. The van der Waals surface area contributed by atoms with E-state index in [4.69, 9.17) is 4.74 Å². The van der Waals surface area contributed by atoms with Crippen molar-refractivity contribution in [3.63, 3.8) is 0 Å². The molecule has 0 aliphatic heterocycles. The second-order valence-corrected chi connectivity index (χ2v) is 6.59. The summed E-state index contributed by atoms with van der Waals surface area (Å²) < 4.78 is 34.2. The third kappa shape index (κ3) is 4.04. The summed E-state index contributed by atoms with van der Waals surface area (Å²) in [4.78, 5) is 0. The Balaban J connectivity index is 1.90. The average molecular weight is 354 g/mol. The van der Waals surface area contributed by atoms with Gasteiger partial charge in [-0.2, -0.15) is 0 Å². The fraction of sp³-hybridized carbons (Fsp3) is 0.304. The molecule has 0 aliphatic carbocycles. The fourth-order valence-corrected chi connectivity index (χ4v) is 3.09. The molecule has 0 saturated carbocycles. The van der Waals surface area contributed by atoms with Crippen LogP contribution in [0.4, 0.5) is 8.78 Å². The van der Waals surface area contributed by atoms with Gasteiger partial charge < -0.3 is 4.74 Å². The van der Waals surface area contributed by atoms with Crippen molar-refractivity contribution in [2.75, 3.05) is 6.61 Å². The lowest BCUT2D eigenvalue weighted by Gasteiger charge is -2.10. The molecule has 0 radical (unpaired) electrons. The van der Waals surface area contributed by atoms with E-state index in [9.17, 15) is 8.78 Å². The first-order chi connectivity index (χ1) is 12.6. The summed E-state index contributed by atoms with van der Waals surface area (Å²) in [5.41, 5.74) is 1.54. The Bertz CT molecular complexity index is 879. The zero-order valence-electron chi connectivity index (χ0n) is 15.3. The molecule has 0 N–H and O–H groups in total. The highest BCUT2D eigenvalue weighted by atomic mass is 19.1.